The summed E-state index contributed by atoms with van der Waals surface area (Å²) in [6, 6.07) is 15.6. The number of hydrogen-bond acceptors (Lipinski definition) is 2. The predicted molar refractivity (Wildman–Crippen MR) is 74.3 cm³/mol. The number of aliphatic hydroxyl groups excluding tert-OH is 1. The second-order valence-electron chi connectivity index (χ2n) is 4.00. The maximum absolute atomic E-state index is 9.36. The number of hydrogen-bond donors (Lipinski definition) is 1. The standard InChI is InChI=1S/C16H16O2/c1-3-13-8-4-5-9-14(13)15-10-6-7-11-16(15)18-12(2)17/h3-12,17H,1H2,2H3. The van der Waals surface area contributed by atoms with E-state index in [1.807, 2.05) is 54.6 Å². The van der Waals surface area contributed by atoms with E-state index >= 15 is 0 Å². The fourth-order valence-corrected chi connectivity index (χ4v) is 1.90. The van der Waals surface area contributed by atoms with Crippen molar-refractivity contribution in [1.82, 2.24) is 0 Å². The summed E-state index contributed by atoms with van der Waals surface area (Å²) in [6.07, 6.45) is 0.983. The normalized spacial score (nSPS) is 11.9. The van der Waals surface area contributed by atoms with E-state index in [1.165, 1.54) is 0 Å². The summed E-state index contributed by atoms with van der Waals surface area (Å²) in [5, 5.41) is 9.36. The minimum atomic E-state index is -0.831. The monoisotopic (exact) mass is 240 g/mol. The Morgan fingerprint density at radius 1 is 1.06 bits per heavy atom. The lowest BCUT2D eigenvalue weighted by Crippen LogP contribution is -2.10. The Kier molecular flexibility index (Phi) is 3.80. The van der Waals surface area contributed by atoms with Crippen LogP contribution in [0.15, 0.2) is 55.1 Å². The third-order valence-corrected chi connectivity index (χ3v) is 2.66. The fourth-order valence-electron chi connectivity index (χ4n) is 1.90. The molecule has 2 nitrogen and oxygen atoms in total. The average molecular weight is 240 g/mol. The Morgan fingerprint density at radius 3 is 2.33 bits per heavy atom. The Labute approximate surface area is 107 Å². The maximum Gasteiger partial charge on any atom is 0.194 e. The predicted octanol–water partition coefficient (Wildman–Crippen LogP) is 3.71. The Hall–Kier alpha value is -2.06. The molecule has 0 aliphatic carbocycles. The van der Waals surface area contributed by atoms with E-state index in [0.29, 0.717) is 5.75 Å². The Balaban J connectivity index is 2.53. The van der Waals surface area contributed by atoms with Gasteiger partial charge in [-0.3, -0.25) is 0 Å². The van der Waals surface area contributed by atoms with Gasteiger partial charge in [-0.15, -0.1) is 0 Å². The fraction of sp³-hybridized carbons (Fsp3) is 0.125. The Morgan fingerprint density at radius 2 is 1.67 bits per heavy atom. The van der Waals surface area contributed by atoms with E-state index in [9.17, 15) is 5.11 Å². The van der Waals surface area contributed by atoms with Gasteiger partial charge >= 0.3 is 0 Å². The van der Waals surface area contributed by atoms with Crippen LogP contribution in [0.2, 0.25) is 0 Å². The van der Waals surface area contributed by atoms with Gasteiger partial charge in [0.1, 0.15) is 5.75 Å². The number of rotatable bonds is 4. The van der Waals surface area contributed by atoms with Gasteiger partial charge < -0.3 is 9.84 Å². The van der Waals surface area contributed by atoms with Gasteiger partial charge in [-0.25, -0.2) is 0 Å². The zero-order valence-corrected chi connectivity index (χ0v) is 10.3. The van der Waals surface area contributed by atoms with Crippen molar-refractivity contribution >= 4 is 6.08 Å². The third kappa shape index (κ3) is 2.60. The molecule has 0 aliphatic heterocycles. The summed E-state index contributed by atoms with van der Waals surface area (Å²) >= 11 is 0. The first kappa shape index (κ1) is 12.4. The largest absolute Gasteiger partial charge is 0.465 e. The van der Waals surface area contributed by atoms with Gasteiger partial charge in [0.2, 0.25) is 0 Å². The molecule has 0 aliphatic rings. The SMILES string of the molecule is C=Cc1ccccc1-c1ccccc1OC(C)O. The molecule has 1 atom stereocenters. The lowest BCUT2D eigenvalue weighted by molar-refractivity contribution is 0.000143. The van der Waals surface area contributed by atoms with Gasteiger partial charge in [0.15, 0.2) is 6.29 Å². The highest BCUT2D eigenvalue weighted by Gasteiger charge is 2.09. The molecule has 2 aromatic rings. The molecule has 0 spiro atoms. The van der Waals surface area contributed by atoms with Crippen LogP contribution in [0.3, 0.4) is 0 Å². The summed E-state index contributed by atoms with van der Waals surface area (Å²) in [6.45, 7) is 5.41. The van der Waals surface area contributed by atoms with E-state index in [1.54, 1.807) is 6.92 Å². The molecule has 0 bridgehead atoms. The lowest BCUT2D eigenvalue weighted by atomic mass is 9.99. The molecule has 0 amide bonds. The molecule has 0 radical (unpaired) electrons. The van der Waals surface area contributed by atoms with Crippen LogP contribution in [0, 0.1) is 0 Å². The zero-order valence-electron chi connectivity index (χ0n) is 10.3. The van der Waals surface area contributed by atoms with Gasteiger partial charge in [-0.05, 0) is 24.1 Å². The molecule has 92 valence electrons. The topological polar surface area (TPSA) is 29.5 Å². The molecule has 2 rings (SSSR count). The van der Waals surface area contributed by atoms with Gasteiger partial charge in [0.25, 0.3) is 0 Å². The molecule has 0 saturated carbocycles. The molecule has 2 aromatic carbocycles. The van der Waals surface area contributed by atoms with Crippen molar-refractivity contribution in [3.63, 3.8) is 0 Å². The van der Waals surface area contributed by atoms with E-state index in [-0.39, 0.29) is 0 Å². The Bertz CT molecular complexity index is 544. The van der Waals surface area contributed by atoms with Gasteiger partial charge in [0.05, 0.1) is 0 Å². The van der Waals surface area contributed by atoms with Crippen molar-refractivity contribution in [2.75, 3.05) is 0 Å². The molecule has 2 heteroatoms. The molecule has 0 heterocycles. The molecule has 1 N–H and O–H groups in total. The van der Waals surface area contributed by atoms with Gasteiger partial charge in [-0.2, -0.15) is 0 Å². The number of ether oxygens (including phenoxy) is 1. The van der Waals surface area contributed by atoms with Crippen molar-refractivity contribution in [2.24, 2.45) is 0 Å². The molecule has 0 saturated heterocycles. The number of aliphatic hydroxyl groups is 1. The summed E-state index contributed by atoms with van der Waals surface area (Å²) in [5.74, 6) is 0.668. The molecular formula is C16H16O2. The number of benzene rings is 2. The molecular weight excluding hydrogens is 224 g/mol. The number of para-hydroxylation sites is 1. The van der Waals surface area contributed by atoms with Crippen LogP contribution in [0.25, 0.3) is 17.2 Å². The molecule has 18 heavy (non-hydrogen) atoms. The smallest absolute Gasteiger partial charge is 0.194 e. The second kappa shape index (κ2) is 5.52. The van der Waals surface area contributed by atoms with Crippen LogP contribution in [0.5, 0.6) is 5.75 Å². The van der Waals surface area contributed by atoms with E-state index in [0.717, 1.165) is 16.7 Å². The van der Waals surface area contributed by atoms with Crippen molar-refractivity contribution in [1.29, 1.82) is 0 Å². The quantitative estimate of drug-likeness (QED) is 0.825. The maximum atomic E-state index is 9.36. The van der Waals surface area contributed by atoms with E-state index in [4.69, 9.17) is 4.74 Å². The summed E-state index contributed by atoms with van der Waals surface area (Å²) in [4.78, 5) is 0. The van der Waals surface area contributed by atoms with Crippen LogP contribution < -0.4 is 4.74 Å². The first-order valence-corrected chi connectivity index (χ1v) is 5.88. The van der Waals surface area contributed by atoms with E-state index < -0.39 is 6.29 Å². The minimum absolute atomic E-state index is 0.668. The first-order valence-electron chi connectivity index (χ1n) is 5.88. The summed E-state index contributed by atoms with van der Waals surface area (Å²) in [7, 11) is 0. The van der Waals surface area contributed by atoms with Crippen molar-refractivity contribution in [2.45, 2.75) is 13.2 Å². The van der Waals surface area contributed by atoms with Crippen LogP contribution in [0.4, 0.5) is 0 Å². The highest BCUT2D eigenvalue weighted by Crippen LogP contribution is 2.33. The summed E-state index contributed by atoms with van der Waals surface area (Å²) in [5.41, 5.74) is 3.04. The zero-order chi connectivity index (χ0) is 13.0. The second-order valence-corrected chi connectivity index (χ2v) is 4.00. The molecule has 0 aromatic heterocycles. The van der Waals surface area contributed by atoms with Crippen LogP contribution in [0.1, 0.15) is 12.5 Å². The highest BCUT2D eigenvalue weighted by molar-refractivity contribution is 5.78. The molecule has 1 unspecified atom stereocenters. The van der Waals surface area contributed by atoms with Crippen LogP contribution >= 0.6 is 0 Å². The third-order valence-electron chi connectivity index (χ3n) is 2.66. The first-order chi connectivity index (χ1) is 8.72. The van der Waals surface area contributed by atoms with Gasteiger partial charge in [-0.1, -0.05) is 55.1 Å². The molecule has 0 fully saturated rings. The van der Waals surface area contributed by atoms with Crippen molar-refractivity contribution in [3.05, 3.63) is 60.7 Å². The van der Waals surface area contributed by atoms with Crippen LogP contribution in [-0.4, -0.2) is 11.4 Å². The van der Waals surface area contributed by atoms with Crippen LogP contribution in [-0.2, 0) is 0 Å². The minimum Gasteiger partial charge on any atom is -0.465 e. The van der Waals surface area contributed by atoms with E-state index in [2.05, 4.69) is 6.58 Å². The van der Waals surface area contributed by atoms with Gasteiger partial charge in [0, 0.05) is 5.56 Å². The summed E-state index contributed by atoms with van der Waals surface area (Å²) < 4.78 is 5.42. The highest BCUT2D eigenvalue weighted by atomic mass is 16.6. The van der Waals surface area contributed by atoms with Crippen molar-refractivity contribution < 1.29 is 9.84 Å². The van der Waals surface area contributed by atoms with Crippen molar-refractivity contribution in [3.8, 4) is 16.9 Å². The average Bonchev–Trinajstić information content (AvgIpc) is 2.39. The lowest BCUT2D eigenvalue weighted by Gasteiger charge is -2.14.